The number of pyridine rings is 1. The van der Waals surface area contributed by atoms with Crippen LogP contribution in [-0.2, 0) is 13.1 Å². The van der Waals surface area contributed by atoms with E-state index in [0.717, 1.165) is 30.8 Å². The zero-order chi connectivity index (χ0) is 14.4. The molecular weight excluding hydrogens is 252 g/mol. The monoisotopic (exact) mass is 274 g/mol. The molecular formula is C15H22N4O. The molecule has 0 radical (unpaired) electrons. The Balaban J connectivity index is 1.81. The molecule has 1 unspecified atom stereocenters. The van der Waals surface area contributed by atoms with Crippen LogP contribution in [0.1, 0.15) is 37.6 Å². The maximum atomic E-state index is 5.03. The van der Waals surface area contributed by atoms with Crippen LogP contribution < -0.4 is 10.1 Å². The molecule has 2 rings (SSSR count). The maximum Gasteiger partial charge on any atom is 0.212 e. The van der Waals surface area contributed by atoms with Crippen molar-refractivity contribution in [2.24, 2.45) is 0 Å². The summed E-state index contributed by atoms with van der Waals surface area (Å²) >= 11 is 0. The van der Waals surface area contributed by atoms with Crippen molar-refractivity contribution in [2.45, 2.75) is 39.4 Å². The number of nitrogens with one attached hydrogen (secondary N) is 1. The summed E-state index contributed by atoms with van der Waals surface area (Å²) in [7, 11) is 1.62. The maximum absolute atomic E-state index is 5.03. The molecule has 1 atom stereocenters. The molecule has 0 saturated heterocycles. The lowest BCUT2D eigenvalue weighted by Gasteiger charge is -2.08. The lowest BCUT2D eigenvalue weighted by atomic mass is 10.3. The Morgan fingerprint density at radius 1 is 1.30 bits per heavy atom. The molecule has 0 aromatic carbocycles. The fourth-order valence-corrected chi connectivity index (χ4v) is 1.88. The fourth-order valence-electron chi connectivity index (χ4n) is 1.88. The van der Waals surface area contributed by atoms with Gasteiger partial charge in [0, 0.05) is 37.6 Å². The highest BCUT2D eigenvalue weighted by Gasteiger charge is 2.04. The van der Waals surface area contributed by atoms with E-state index in [1.54, 1.807) is 7.11 Å². The minimum atomic E-state index is 0.453. The van der Waals surface area contributed by atoms with E-state index in [9.17, 15) is 0 Å². The van der Waals surface area contributed by atoms with Crippen molar-refractivity contribution in [3.05, 3.63) is 41.9 Å². The van der Waals surface area contributed by atoms with Gasteiger partial charge in [-0.15, -0.1) is 0 Å². The molecule has 0 bridgehead atoms. The Morgan fingerprint density at radius 2 is 2.15 bits per heavy atom. The van der Waals surface area contributed by atoms with E-state index in [2.05, 4.69) is 35.3 Å². The first-order valence-electron chi connectivity index (χ1n) is 6.96. The van der Waals surface area contributed by atoms with Gasteiger partial charge in [-0.2, -0.15) is 5.10 Å². The smallest absolute Gasteiger partial charge is 0.212 e. The largest absolute Gasteiger partial charge is 0.481 e. The van der Waals surface area contributed by atoms with Crippen molar-refractivity contribution in [3.8, 4) is 5.88 Å². The van der Waals surface area contributed by atoms with Gasteiger partial charge in [-0.25, -0.2) is 4.98 Å². The van der Waals surface area contributed by atoms with Crippen molar-refractivity contribution in [2.75, 3.05) is 7.11 Å². The molecule has 0 aliphatic carbocycles. The van der Waals surface area contributed by atoms with Gasteiger partial charge in [0.1, 0.15) is 0 Å². The average molecular weight is 274 g/mol. The van der Waals surface area contributed by atoms with E-state index >= 15 is 0 Å². The van der Waals surface area contributed by atoms with Gasteiger partial charge in [0.15, 0.2) is 0 Å². The molecule has 0 spiro atoms. The Kier molecular flexibility index (Phi) is 5.12. The highest BCUT2D eigenvalue weighted by atomic mass is 16.5. The van der Waals surface area contributed by atoms with E-state index in [1.807, 2.05) is 29.2 Å². The summed E-state index contributed by atoms with van der Waals surface area (Å²) in [6, 6.07) is 6.39. The summed E-state index contributed by atoms with van der Waals surface area (Å²) in [6.07, 6.45) is 4.95. The molecule has 2 aromatic rings. The van der Waals surface area contributed by atoms with Crippen molar-refractivity contribution < 1.29 is 4.74 Å². The topological polar surface area (TPSA) is 52.0 Å². The fraction of sp³-hybridized carbons (Fsp3) is 0.467. The second-order valence-electron chi connectivity index (χ2n) is 4.86. The van der Waals surface area contributed by atoms with E-state index in [-0.39, 0.29) is 0 Å². The van der Waals surface area contributed by atoms with Crippen LogP contribution in [0.2, 0.25) is 0 Å². The Morgan fingerprint density at radius 3 is 2.80 bits per heavy atom. The third-order valence-electron chi connectivity index (χ3n) is 3.35. The van der Waals surface area contributed by atoms with Crippen LogP contribution in [-0.4, -0.2) is 21.9 Å². The van der Waals surface area contributed by atoms with Crippen LogP contribution >= 0.6 is 0 Å². The Bertz CT molecular complexity index is 521. The molecule has 108 valence electrons. The standard InChI is InChI=1S/C15H22N4O/c1-4-12(2)19-8-7-14(18-19)11-16-9-13-5-6-15(20-3)17-10-13/h5-8,10,12,16H,4,9,11H2,1-3H3. The van der Waals surface area contributed by atoms with E-state index in [0.29, 0.717) is 11.9 Å². The van der Waals surface area contributed by atoms with Crippen molar-refractivity contribution in [1.82, 2.24) is 20.1 Å². The molecule has 5 heteroatoms. The van der Waals surface area contributed by atoms with E-state index in [4.69, 9.17) is 4.74 Å². The zero-order valence-corrected chi connectivity index (χ0v) is 12.3. The zero-order valence-electron chi connectivity index (χ0n) is 12.3. The quantitative estimate of drug-likeness (QED) is 0.843. The molecule has 0 fully saturated rings. The van der Waals surface area contributed by atoms with Gasteiger partial charge in [0.25, 0.3) is 0 Å². The van der Waals surface area contributed by atoms with Gasteiger partial charge >= 0.3 is 0 Å². The number of ether oxygens (including phenoxy) is 1. The number of rotatable bonds is 7. The normalized spacial score (nSPS) is 12.3. The third-order valence-corrected chi connectivity index (χ3v) is 3.35. The molecule has 0 aliphatic heterocycles. The van der Waals surface area contributed by atoms with Crippen LogP contribution in [0.15, 0.2) is 30.6 Å². The molecule has 2 aromatic heterocycles. The lowest BCUT2D eigenvalue weighted by molar-refractivity contribution is 0.397. The van der Waals surface area contributed by atoms with Crippen LogP contribution in [0.3, 0.4) is 0 Å². The van der Waals surface area contributed by atoms with Gasteiger partial charge < -0.3 is 10.1 Å². The number of aromatic nitrogens is 3. The summed E-state index contributed by atoms with van der Waals surface area (Å²) in [4.78, 5) is 4.18. The first-order valence-corrected chi connectivity index (χ1v) is 6.96. The average Bonchev–Trinajstić information content (AvgIpc) is 2.96. The SMILES string of the molecule is CCC(C)n1ccc(CNCc2ccc(OC)nc2)n1. The first-order chi connectivity index (χ1) is 9.72. The summed E-state index contributed by atoms with van der Waals surface area (Å²) < 4.78 is 7.05. The predicted octanol–water partition coefficient (Wildman–Crippen LogP) is 2.55. The lowest BCUT2D eigenvalue weighted by Crippen LogP contribution is -2.14. The van der Waals surface area contributed by atoms with Crippen molar-refractivity contribution >= 4 is 0 Å². The summed E-state index contributed by atoms with van der Waals surface area (Å²) in [6.45, 7) is 5.87. The van der Waals surface area contributed by atoms with Gasteiger partial charge in [-0.05, 0) is 25.0 Å². The van der Waals surface area contributed by atoms with E-state index in [1.165, 1.54) is 0 Å². The number of hydrogen-bond donors (Lipinski definition) is 1. The third kappa shape index (κ3) is 3.81. The van der Waals surface area contributed by atoms with E-state index < -0.39 is 0 Å². The Labute approximate surface area is 120 Å². The van der Waals surface area contributed by atoms with Crippen molar-refractivity contribution in [1.29, 1.82) is 0 Å². The predicted molar refractivity (Wildman–Crippen MR) is 78.6 cm³/mol. The first kappa shape index (κ1) is 14.5. The van der Waals surface area contributed by atoms with Crippen molar-refractivity contribution in [3.63, 3.8) is 0 Å². The second kappa shape index (κ2) is 7.05. The second-order valence-corrected chi connectivity index (χ2v) is 4.86. The number of hydrogen-bond acceptors (Lipinski definition) is 4. The van der Waals surface area contributed by atoms with Crippen LogP contribution in [0, 0.1) is 0 Å². The molecule has 0 aliphatic rings. The van der Waals surface area contributed by atoms with Gasteiger partial charge in [-0.3, -0.25) is 4.68 Å². The number of methoxy groups -OCH3 is 1. The highest BCUT2D eigenvalue weighted by molar-refractivity contribution is 5.17. The van der Waals surface area contributed by atoms with Crippen LogP contribution in [0.5, 0.6) is 5.88 Å². The van der Waals surface area contributed by atoms with Gasteiger partial charge in [0.2, 0.25) is 5.88 Å². The molecule has 0 saturated carbocycles. The summed E-state index contributed by atoms with van der Waals surface area (Å²) in [5.74, 6) is 0.640. The van der Waals surface area contributed by atoms with Crippen LogP contribution in [0.25, 0.3) is 0 Å². The molecule has 5 nitrogen and oxygen atoms in total. The van der Waals surface area contributed by atoms with Crippen LogP contribution in [0.4, 0.5) is 0 Å². The number of nitrogens with zero attached hydrogens (tertiary/aromatic N) is 3. The minimum absolute atomic E-state index is 0.453. The summed E-state index contributed by atoms with van der Waals surface area (Å²) in [5, 5.41) is 7.93. The van der Waals surface area contributed by atoms with Gasteiger partial charge in [0.05, 0.1) is 12.8 Å². The molecule has 0 amide bonds. The highest BCUT2D eigenvalue weighted by Crippen LogP contribution is 2.09. The minimum Gasteiger partial charge on any atom is -0.481 e. The summed E-state index contributed by atoms with van der Waals surface area (Å²) in [5.41, 5.74) is 2.19. The Hall–Kier alpha value is -1.88. The molecule has 2 heterocycles. The van der Waals surface area contributed by atoms with Gasteiger partial charge in [-0.1, -0.05) is 13.0 Å². The molecule has 20 heavy (non-hydrogen) atoms. The molecule has 1 N–H and O–H groups in total.